The molecule has 3 fully saturated rings. The summed E-state index contributed by atoms with van der Waals surface area (Å²) in [4.78, 5) is 2.81. The summed E-state index contributed by atoms with van der Waals surface area (Å²) < 4.78 is 40.8. The minimum atomic E-state index is -3.47. The first-order chi connectivity index (χ1) is 13.0. The number of hydrogen-bond acceptors (Lipinski definition) is 6. The van der Waals surface area contributed by atoms with Gasteiger partial charge >= 0.3 is 0 Å². The van der Waals surface area contributed by atoms with Crippen LogP contribution in [0, 0.1) is 0 Å². The second-order valence-electron chi connectivity index (χ2n) is 7.76. The Morgan fingerprint density at radius 3 is 2.59 bits per heavy atom. The average Bonchev–Trinajstić information content (AvgIpc) is 3.19. The number of nitrogens with zero attached hydrogens (tertiary/aromatic N) is 4. The lowest BCUT2D eigenvalue weighted by molar-refractivity contribution is -0.133. The monoisotopic (exact) mass is 398 g/mol. The van der Waals surface area contributed by atoms with E-state index in [4.69, 9.17) is 9.47 Å². The predicted molar refractivity (Wildman–Crippen MR) is 100.0 cm³/mol. The van der Waals surface area contributed by atoms with E-state index in [-0.39, 0.29) is 10.5 Å². The smallest absolute Gasteiger partial charge is 0.246 e. The van der Waals surface area contributed by atoms with Gasteiger partial charge in [-0.05, 0) is 32.6 Å². The van der Waals surface area contributed by atoms with Crippen LogP contribution in [0.4, 0.5) is 0 Å². The van der Waals surface area contributed by atoms with Gasteiger partial charge in [-0.3, -0.25) is 9.58 Å². The maximum atomic E-state index is 12.9. The zero-order chi connectivity index (χ0) is 18.9. The summed E-state index contributed by atoms with van der Waals surface area (Å²) >= 11 is 0. The Hall–Kier alpha value is -1.00. The zero-order valence-corrected chi connectivity index (χ0v) is 16.9. The van der Waals surface area contributed by atoms with Gasteiger partial charge in [-0.1, -0.05) is 0 Å². The highest BCUT2D eigenvalue weighted by Crippen LogP contribution is 2.38. The average molecular weight is 399 g/mol. The highest BCUT2D eigenvalue weighted by Gasteiger charge is 2.44. The number of sulfonamides is 1. The van der Waals surface area contributed by atoms with Gasteiger partial charge in [0.1, 0.15) is 4.90 Å². The molecule has 1 atom stereocenters. The third kappa shape index (κ3) is 3.93. The number of hydrogen-bond donors (Lipinski definition) is 0. The summed E-state index contributed by atoms with van der Waals surface area (Å²) in [5.41, 5.74) is -0.180. The lowest BCUT2D eigenvalue weighted by Crippen LogP contribution is -2.55. The van der Waals surface area contributed by atoms with Crippen LogP contribution in [0.5, 0.6) is 0 Å². The fourth-order valence-corrected chi connectivity index (χ4v) is 5.94. The second kappa shape index (κ2) is 7.79. The van der Waals surface area contributed by atoms with E-state index in [1.807, 2.05) is 6.92 Å². The first kappa shape index (κ1) is 19.3. The molecule has 1 aromatic rings. The summed E-state index contributed by atoms with van der Waals surface area (Å²) in [6.07, 6.45) is 6.64. The SMILES string of the molecule is CCn1cc(S(=O)(=O)N2CCC3(CC2)CC(N2CCOCC2)CCO3)cn1. The molecule has 1 unspecified atom stereocenters. The van der Waals surface area contributed by atoms with E-state index in [1.54, 1.807) is 15.2 Å². The predicted octanol–water partition coefficient (Wildman–Crippen LogP) is 0.938. The maximum absolute atomic E-state index is 12.9. The van der Waals surface area contributed by atoms with E-state index in [2.05, 4.69) is 10.00 Å². The molecule has 0 bridgehead atoms. The Kier molecular flexibility index (Phi) is 5.57. The molecule has 152 valence electrons. The van der Waals surface area contributed by atoms with Gasteiger partial charge < -0.3 is 9.47 Å². The number of piperidine rings is 1. The molecule has 0 radical (unpaired) electrons. The Morgan fingerprint density at radius 2 is 1.93 bits per heavy atom. The van der Waals surface area contributed by atoms with Gasteiger partial charge in [0.15, 0.2) is 0 Å². The number of aryl methyl sites for hydroxylation is 1. The Labute approximate surface area is 161 Å². The molecule has 3 aliphatic rings. The van der Waals surface area contributed by atoms with Crippen molar-refractivity contribution < 1.29 is 17.9 Å². The van der Waals surface area contributed by atoms with Gasteiger partial charge in [-0.15, -0.1) is 0 Å². The lowest BCUT2D eigenvalue weighted by atomic mass is 9.82. The van der Waals surface area contributed by atoms with E-state index in [0.29, 0.717) is 25.7 Å². The fraction of sp³-hybridized carbons (Fsp3) is 0.833. The van der Waals surface area contributed by atoms with E-state index >= 15 is 0 Å². The minimum absolute atomic E-state index is 0.180. The molecule has 0 amide bonds. The van der Waals surface area contributed by atoms with Crippen molar-refractivity contribution in [3.8, 4) is 0 Å². The van der Waals surface area contributed by atoms with Crippen LogP contribution in [0.1, 0.15) is 32.6 Å². The molecule has 9 heteroatoms. The molecule has 27 heavy (non-hydrogen) atoms. The van der Waals surface area contributed by atoms with Crippen molar-refractivity contribution in [2.45, 2.75) is 55.7 Å². The molecule has 1 aromatic heterocycles. The molecule has 0 saturated carbocycles. The number of aromatic nitrogens is 2. The molecule has 0 aromatic carbocycles. The fourth-order valence-electron chi connectivity index (χ4n) is 4.54. The van der Waals surface area contributed by atoms with E-state index in [1.165, 1.54) is 6.20 Å². The molecule has 8 nitrogen and oxygen atoms in total. The van der Waals surface area contributed by atoms with E-state index in [9.17, 15) is 8.42 Å². The maximum Gasteiger partial charge on any atom is 0.246 e. The van der Waals surface area contributed by atoms with Crippen LogP contribution in [0.3, 0.4) is 0 Å². The van der Waals surface area contributed by atoms with Crippen molar-refractivity contribution in [1.29, 1.82) is 0 Å². The van der Waals surface area contributed by atoms with Gasteiger partial charge in [0.2, 0.25) is 10.0 Å². The normalized spacial score (nSPS) is 27.8. The van der Waals surface area contributed by atoms with Crippen molar-refractivity contribution in [2.75, 3.05) is 46.0 Å². The molecule has 4 rings (SSSR count). The molecular formula is C18H30N4O4S. The quantitative estimate of drug-likeness (QED) is 0.751. The Balaban J connectivity index is 1.40. The van der Waals surface area contributed by atoms with E-state index in [0.717, 1.165) is 58.6 Å². The van der Waals surface area contributed by atoms with Crippen molar-refractivity contribution in [3.05, 3.63) is 12.4 Å². The first-order valence-corrected chi connectivity index (χ1v) is 11.4. The van der Waals surface area contributed by atoms with Crippen LogP contribution >= 0.6 is 0 Å². The Morgan fingerprint density at radius 1 is 1.19 bits per heavy atom. The van der Waals surface area contributed by atoms with Crippen molar-refractivity contribution in [3.63, 3.8) is 0 Å². The molecule has 3 aliphatic heterocycles. The van der Waals surface area contributed by atoms with Gasteiger partial charge in [0.05, 0.1) is 25.0 Å². The van der Waals surface area contributed by atoms with Crippen LogP contribution in [-0.4, -0.2) is 85.0 Å². The second-order valence-corrected chi connectivity index (χ2v) is 9.70. The molecular weight excluding hydrogens is 368 g/mol. The molecule has 0 aliphatic carbocycles. The van der Waals surface area contributed by atoms with Crippen molar-refractivity contribution >= 4 is 10.0 Å². The largest absolute Gasteiger partial charge is 0.379 e. The number of ether oxygens (including phenoxy) is 2. The molecule has 0 N–H and O–H groups in total. The minimum Gasteiger partial charge on any atom is -0.379 e. The van der Waals surface area contributed by atoms with Crippen LogP contribution < -0.4 is 0 Å². The van der Waals surface area contributed by atoms with Crippen LogP contribution in [0.2, 0.25) is 0 Å². The van der Waals surface area contributed by atoms with Crippen LogP contribution in [0.15, 0.2) is 17.3 Å². The standard InChI is InChI=1S/C18H30N4O4S/c1-2-21-15-17(14-19-21)27(23,24)22-6-4-18(5-7-22)13-16(3-10-26-18)20-8-11-25-12-9-20/h14-16H,2-13H2,1H3. The third-order valence-corrected chi connectivity index (χ3v) is 8.09. The summed E-state index contributed by atoms with van der Waals surface area (Å²) in [6.45, 7) is 7.98. The summed E-state index contributed by atoms with van der Waals surface area (Å²) in [6, 6.07) is 0.522. The van der Waals surface area contributed by atoms with Gasteiger partial charge in [-0.25, -0.2) is 8.42 Å². The van der Waals surface area contributed by atoms with Crippen molar-refractivity contribution in [1.82, 2.24) is 19.0 Å². The van der Waals surface area contributed by atoms with Crippen LogP contribution in [0.25, 0.3) is 0 Å². The summed E-state index contributed by atoms with van der Waals surface area (Å²) in [7, 11) is -3.47. The Bertz CT molecular complexity index is 736. The van der Waals surface area contributed by atoms with E-state index < -0.39 is 10.0 Å². The molecule has 3 saturated heterocycles. The molecule has 1 spiro atoms. The van der Waals surface area contributed by atoms with Gasteiger partial charge in [0.25, 0.3) is 0 Å². The highest BCUT2D eigenvalue weighted by molar-refractivity contribution is 7.89. The third-order valence-electron chi connectivity index (χ3n) is 6.23. The highest BCUT2D eigenvalue weighted by atomic mass is 32.2. The van der Waals surface area contributed by atoms with Gasteiger partial charge in [0, 0.05) is 51.6 Å². The topological polar surface area (TPSA) is 76.9 Å². The zero-order valence-electron chi connectivity index (χ0n) is 16.0. The first-order valence-electron chi connectivity index (χ1n) is 10.0. The molecule has 4 heterocycles. The number of morpholine rings is 1. The summed E-state index contributed by atoms with van der Waals surface area (Å²) in [5.74, 6) is 0. The van der Waals surface area contributed by atoms with Gasteiger partial charge in [-0.2, -0.15) is 9.40 Å². The number of rotatable bonds is 4. The van der Waals surface area contributed by atoms with Crippen LogP contribution in [-0.2, 0) is 26.0 Å². The van der Waals surface area contributed by atoms with Crippen molar-refractivity contribution in [2.24, 2.45) is 0 Å². The lowest BCUT2D eigenvalue weighted by Gasteiger charge is -2.48. The summed E-state index contributed by atoms with van der Waals surface area (Å²) in [5, 5.41) is 4.11.